The molecule has 0 bridgehead atoms. The van der Waals surface area contributed by atoms with Gasteiger partial charge in [-0.25, -0.2) is 4.98 Å². The number of amides is 1. The largest absolute Gasteiger partial charge is 0.348 e. The van der Waals surface area contributed by atoms with Crippen LogP contribution in [0.5, 0.6) is 0 Å². The van der Waals surface area contributed by atoms with E-state index < -0.39 is 0 Å². The molecule has 1 N–H and O–H groups in total. The average Bonchev–Trinajstić information content (AvgIpc) is 2.17. The highest BCUT2D eigenvalue weighted by atomic mass is 35.5. The summed E-state index contributed by atoms with van der Waals surface area (Å²) in [6.45, 7) is 6.07. The second-order valence-corrected chi connectivity index (χ2v) is 4.24. The third-order valence-corrected chi connectivity index (χ3v) is 2.52. The van der Waals surface area contributed by atoms with Gasteiger partial charge in [-0.1, -0.05) is 31.5 Å². The van der Waals surface area contributed by atoms with Gasteiger partial charge in [0.1, 0.15) is 10.8 Å². The van der Waals surface area contributed by atoms with E-state index in [4.69, 9.17) is 11.6 Å². The van der Waals surface area contributed by atoms with E-state index in [-0.39, 0.29) is 11.9 Å². The van der Waals surface area contributed by atoms with Crippen molar-refractivity contribution in [3.63, 3.8) is 0 Å². The summed E-state index contributed by atoms with van der Waals surface area (Å²) >= 11 is 5.70. The second kappa shape index (κ2) is 5.12. The Bertz CT molecular complexity index is 352. The number of halogens is 1. The summed E-state index contributed by atoms with van der Waals surface area (Å²) in [5.74, 6) is 0.215. The van der Waals surface area contributed by atoms with E-state index in [1.807, 2.05) is 6.92 Å². The Morgan fingerprint density at radius 1 is 1.40 bits per heavy atom. The van der Waals surface area contributed by atoms with Gasteiger partial charge in [0.15, 0.2) is 0 Å². The zero-order valence-corrected chi connectivity index (χ0v) is 9.88. The van der Waals surface area contributed by atoms with Crippen LogP contribution in [0.15, 0.2) is 18.2 Å². The SMILES string of the molecule is CC(C)C(C)NC(=O)c1cccc(Cl)n1. The Morgan fingerprint density at radius 2 is 2.07 bits per heavy atom. The topological polar surface area (TPSA) is 42.0 Å². The molecule has 0 fully saturated rings. The molecule has 0 aromatic carbocycles. The highest BCUT2D eigenvalue weighted by molar-refractivity contribution is 6.29. The van der Waals surface area contributed by atoms with E-state index in [1.54, 1.807) is 18.2 Å². The van der Waals surface area contributed by atoms with Crippen molar-refractivity contribution in [3.8, 4) is 0 Å². The van der Waals surface area contributed by atoms with Crippen LogP contribution in [0.25, 0.3) is 0 Å². The van der Waals surface area contributed by atoms with Gasteiger partial charge in [-0.2, -0.15) is 0 Å². The maximum Gasteiger partial charge on any atom is 0.270 e. The molecule has 1 aromatic heterocycles. The fourth-order valence-corrected chi connectivity index (χ4v) is 1.15. The molecular weight excluding hydrogens is 212 g/mol. The summed E-state index contributed by atoms with van der Waals surface area (Å²) in [6, 6.07) is 5.13. The Labute approximate surface area is 94.9 Å². The minimum Gasteiger partial charge on any atom is -0.348 e. The van der Waals surface area contributed by atoms with Crippen LogP contribution in [0, 0.1) is 5.92 Å². The smallest absolute Gasteiger partial charge is 0.270 e. The Balaban J connectivity index is 2.69. The van der Waals surface area contributed by atoms with E-state index >= 15 is 0 Å². The Kier molecular flexibility index (Phi) is 4.09. The number of nitrogens with zero attached hydrogens (tertiary/aromatic N) is 1. The molecule has 0 aliphatic carbocycles. The summed E-state index contributed by atoms with van der Waals surface area (Å²) in [5, 5.41) is 3.20. The lowest BCUT2D eigenvalue weighted by Crippen LogP contribution is -2.36. The van der Waals surface area contributed by atoms with Gasteiger partial charge in [0.05, 0.1) is 0 Å². The number of nitrogens with one attached hydrogen (secondary N) is 1. The first-order valence-corrected chi connectivity index (χ1v) is 5.32. The number of carbonyl (C=O) groups excluding carboxylic acids is 1. The highest BCUT2D eigenvalue weighted by Gasteiger charge is 2.13. The molecule has 3 nitrogen and oxygen atoms in total. The van der Waals surface area contributed by atoms with Crippen LogP contribution in [-0.2, 0) is 0 Å². The van der Waals surface area contributed by atoms with Crippen LogP contribution in [0.3, 0.4) is 0 Å². The number of aromatic nitrogens is 1. The molecule has 15 heavy (non-hydrogen) atoms. The summed E-state index contributed by atoms with van der Waals surface area (Å²) < 4.78 is 0. The number of rotatable bonds is 3. The zero-order valence-electron chi connectivity index (χ0n) is 9.12. The molecule has 82 valence electrons. The van der Waals surface area contributed by atoms with Crippen molar-refractivity contribution in [2.75, 3.05) is 0 Å². The molecular formula is C11H15ClN2O. The molecule has 0 aliphatic heterocycles. The molecule has 0 saturated heterocycles. The Morgan fingerprint density at radius 3 is 2.60 bits per heavy atom. The van der Waals surface area contributed by atoms with E-state index in [2.05, 4.69) is 24.1 Å². The van der Waals surface area contributed by atoms with Crippen molar-refractivity contribution in [3.05, 3.63) is 29.0 Å². The molecule has 1 aromatic rings. The third kappa shape index (κ3) is 3.51. The molecule has 1 atom stereocenters. The van der Waals surface area contributed by atoms with Gasteiger partial charge in [-0.05, 0) is 25.0 Å². The van der Waals surface area contributed by atoms with E-state index in [9.17, 15) is 4.79 Å². The van der Waals surface area contributed by atoms with Crippen molar-refractivity contribution in [2.24, 2.45) is 5.92 Å². The summed E-state index contributed by atoms with van der Waals surface area (Å²) in [5.41, 5.74) is 0.356. The zero-order chi connectivity index (χ0) is 11.4. The predicted molar refractivity (Wildman–Crippen MR) is 61.0 cm³/mol. The minimum absolute atomic E-state index is 0.123. The molecule has 4 heteroatoms. The summed E-state index contributed by atoms with van der Waals surface area (Å²) in [6.07, 6.45) is 0. The standard InChI is InChI=1S/C11H15ClN2O/c1-7(2)8(3)13-11(15)9-5-4-6-10(12)14-9/h4-8H,1-3H3,(H,13,15). The summed E-state index contributed by atoms with van der Waals surface area (Å²) in [4.78, 5) is 15.6. The van der Waals surface area contributed by atoms with Crippen LogP contribution < -0.4 is 5.32 Å². The van der Waals surface area contributed by atoms with Gasteiger partial charge in [0, 0.05) is 6.04 Å². The van der Waals surface area contributed by atoms with Crippen LogP contribution in [0.1, 0.15) is 31.3 Å². The van der Waals surface area contributed by atoms with Crippen molar-refractivity contribution < 1.29 is 4.79 Å². The van der Waals surface area contributed by atoms with Crippen LogP contribution >= 0.6 is 11.6 Å². The first-order chi connectivity index (χ1) is 7.00. The fourth-order valence-electron chi connectivity index (χ4n) is 0.982. The normalized spacial score (nSPS) is 12.6. The van der Waals surface area contributed by atoms with Gasteiger partial charge < -0.3 is 5.32 Å². The Hall–Kier alpha value is -1.09. The first kappa shape index (κ1) is 12.0. The highest BCUT2D eigenvalue weighted by Crippen LogP contribution is 2.06. The van der Waals surface area contributed by atoms with Crippen molar-refractivity contribution in [1.29, 1.82) is 0 Å². The van der Waals surface area contributed by atoms with Gasteiger partial charge >= 0.3 is 0 Å². The monoisotopic (exact) mass is 226 g/mol. The van der Waals surface area contributed by atoms with E-state index in [0.717, 1.165) is 0 Å². The van der Waals surface area contributed by atoms with Gasteiger partial charge in [0.25, 0.3) is 5.91 Å². The third-order valence-electron chi connectivity index (χ3n) is 2.31. The van der Waals surface area contributed by atoms with Crippen LogP contribution in [-0.4, -0.2) is 16.9 Å². The molecule has 1 rings (SSSR count). The van der Waals surface area contributed by atoms with E-state index in [1.165, 1.54) is 0 Å². The molecule has 0 radical (unpaired) electrons. The molecule has 0 saturated carbocycles. The summed E-state index contributed by atoms with van der Waals surface area (Å²) in [7, 11) is 0. The average molecular weight is 227 g/mol. The fraction of sp³-hybridized carbons (Fsp3) is 0.455. The number of pyridine rings is 1. The molecule has 0 aliphatic rings. The lowest BCUT2D eigenvalue weighted by atomic mass is 10.1. The van der Waals surface area contributed by atoms with Crippen molar-refractivity contribution >= 4 is 17.5 Å². The van der Waals surface area contributed by atoms with Crippen LogP contribution in [0.4, 0.5) is 0 Å². The number of hydrogen-bond donors (Lipinski definition) is 1. The quantitative estimate of drug-likeness (QED) is 0.805. The van der Waals surface area contributed by atoms with Gasteiger partial charge in [-0.15, -0.1) is 0 Å². The minimum atomic E-state index is -0.182. The molecule has 0 spiro atoms. The molecule has 1 amide bonds. The maximum atomic E-state index is 11.7. The van der Waals surface area contributed by atoms with Crippen molar-refractivity contribution in [1.82, 2.24) is 10.3 Å². The van der Waals surface area contributed by atoms with Gasteiger partial charge in [0.2, 0.25) is 0 Å². The van der Waals surface area contributed by atoms with Gasteiger partial charge in [-0.3, -0.25) is 4.79 Å². The number of hydrogen-bond acceptors (Lipinski definition) is 2. The van der Waals surface area contributed by atoms with E-state index in [0.29, 0.717) is 16.8 Å². The van der Waals surface area contributed by atoms with Crippen LogP contribution in [0.2, 0.25) is 5.15 Å². The lowest BCUT2D eigenvalue weighted by molar-refractivity contribution is 0.0925. The lowest BCUT2D eigenvalue weighted by Gasteiger charge is -2.16. The second-order valence-electron chi connectivity index (χ2n) is 3.85. The van der Waals surface area contributed by atoms with Crippen molar-refractivity contribution in [2.45, 2.75) is 26.8 Å². The maximum absolute atomic E-state index is 11.7. The first-order valence-electron chi connectivity index (χ1n) is 4.94. The molecule has 1 unspecified atom stereocenters. The molecule has 1 heterocycles. The predicted octanol–water partition coefficient (Wildman–Crippen LogP) is 2.51. The number of carbonyl (C=O) groups is 1.